The fourth-order valence-corrected chi connectivity index (χ4v) is 1.81. The van der Waals surface area contributed by atoms with Gasteiger partial charge in [-0.15, -0.1) is 11.3 Å². The van der Waals surface area contributed by atoms with E-state index in [1.165, 1.54) is 4.70 Å². The second kappa shape index (κ2) is 4.94. The van der Waals surface area contributed by atoms with Gasteiger partial charge in [-0.1, -0.05) is 12.1 Å². The van der Waals surface area contributed by atoms with E-state index in [-0.39, 0.29) is 6.61 Å². The molecule has 1 aromatic carbocycles. The lowest BCUT2D eigenvalue weighted by Crippen LogP contribution is -1.65. The molecule has 0 spiro atoms. The van der Waals surface area contributed by atoms with Crippen molar-refractivity contribution in [2.75, 3.05) is 6.61 Å². The van der Waals surface area contributed by atoms with Crippen LogP contribution in [0.4, 0.5) is 0 Å². The van der Waals surface area contributed by atoms with E-state index in [9.17, 15) is 0 Å². The Morgan fingerprint density at radius 2 is 2.00 bits per heavy atom. The molecule has 2 nitrogen and oxygen atoms in total. The Kier molecular flexibility index (Phi) is 3.86. The normalized spacial score (nSPS) is 9.46. The van der Waals surface area contributed by atoms with Crippen LogP contribution in [-0.4, -0.2) is 16.7 Å². The van der Waals surface area contributed by atoms with E-state index in [0.29, 0.717) is 0 Å². The number of aryl methyl sites for hydroxylation is 1. The van der Waals surface area contributed by atoms with Gasteiger partial charge in [-0.25, -0.2) is 4.98 Å². The number of benzene rings is 1. The second-order valence-electron chi connectivity index (χ2n) is 2.52. The summed E-state index contributed by atoms with van der Waals surface area (Å²) in [5.74, 6) is 0. The number of aliphatic hydroxyl groups excluding tert-OH is 1. The molecule has 0 fully saturated rings. The van der Waals surface area contributed by atoms with Crippen molar-refractivity contribution in [2.45, 2.75) is 13.8 Å². The van der Waals surface area contributed by atoms with Gasteiger partial charge in [-0.2, -0.15) is 0 Å². The maximum absolute atomic E-state index is 7.57. The SMILES string of the molecule is CCO.Cc1nc2ccccc2s1. The van der Waals surface area contributed by atoms with Gasteiger partial charge in [-0.3, -0.25) is 0 Å². The van der Waals surface area contributed by atoms with Gasteiger partial charge in [0.25, 0.3) is 0 Å². The van der Waals surface area contributed by atoms with Crippen molar-refractivity contribution >= 4 is 21.6 Å². The molecule has 0 radical (unpaired) electrons. The summed E-state index contributed by atoms with van der Waals surface area (Å²) in [6.07, 6.45) is 0. The third-order valence-electron chi connectivity index (χ3n) is 1.40. The van der Waals surface area contributed by atoms with Gasteiger partial charge in [0.05, 0.1) is 15.2 Å². The second-order valence-corrected chi connectivity index (χ2v) is 3.75. The van der Waals surface area contributed by atoms with E-state index < -0.39 is 0 Å². The monoisotopic (exact) mass is 195 g/mol. The van der Waals surface area contributed by atoms with Crippen LogP contribution in [0.3, 0.4) is 0 Å². The van der Waals surface area contributed by atoms with Gasteiger partial charge in [-0.05, 0) is 26.0 Å². The van der Waals surface area contributed by atoms with Gasteiger partial charge in [0, 0.05) is 6.61 Å². The third-order valence-corrected chi connectivity index (χ3v) is 2.35. The van der Waals surface area contributed by atoms with E-state index in [1.54, 1.807) is 18.3 Å². The molecular formula is C10H13NOS. The highest BCUT2D eigenvalue weighted by molar-refractivity contribution is 7.18. The maximum Gasteiger partial charge on any atom is 0.0907 e. The van der Waals surface area contributed by atoms with E-state index in [2.05, 4.69) is 11.1 Å². The zero-order valence-electron chi connectivity index (χ0n) is 7.82. The van der Waals surface area contributed by atoms with Gasteiger partial charge >= 0.3 is 0 Å². The molecule has 0 bridgehead atoms. The minimum atomic E-state index is 0.250. The molecule has 1 aromatic heterocycles. The average Bonchev–Trinajstić information content (AvgIpc) is 2.45. The molecule has 1 heterocycles. The van der Waals surface area contributed by atoms with Crippen LogP contribution in [0.5, 0.6) is 0 Å². The van der Waals surface area contributed by atoms with Crippen molar-refractivity contribution in [1.82, 2.24) is 4.98 Å². The Morgan fingerprint density at radius 1 is 1.38 bits per heavy atom. The summed E-state index contributed by atoms with van der Waals surface area (Å²) < 4.78 is 1.28. The molecule has 13 heavy (non-hydrogen) atoms. The van der Waals surface area contributed by atoms with Gasteiger partial charge in [0.15, 0.2) is 0 Å². The quantitative estimate of drug-likeness (QED) is 0.701. The largest absolute Gasteiger partial charge is 0.397 e. The van der Waals surface area contributed by atoms with E-state index in [4.69, 9.17) is 5.11 Å². The summed E-state index contributed by atoms with van der Waals surface area (Å²) in [6, 6.07) is 8.19. The summed E-state index contributed by atoms with van der Waals surface area (Å²) in [6.45, 7) is 3.96. The molecule has 0 aliphatic heterocycles. The van der Waals surface area contributed by atoms with E-state index in [0.717, 1.165) is 10.5 Å². The fourth-order valence-electron chi connectivity index (χ4n) is 0.987. The zero-order chi connectivity index (χ0) is 9.68. The van der Waals surface area contributed by atoms with E-state index >= 15 is 0 Å². The van der Waals surface area contributed by atoms with Crippen LogP contribution >= 0.6 is 11.3 Å². The predicted molar refractivity (Wildman–Crippen MR) is 57.1 cm³/mol. The molecule has 0 saturated heterocycles. The predicted octanol–water partition coefficient (Wildman–Crippen LogP) is 2.60. The first-order valence-corrected chi connectivity index (χ1v) is 5.02. The lowest BCUT2D eigenvalue weighted by atomic mass is 10.3. The average molecular weight is 195 g/mol. The highest BCUT2D eigenvalue weighted by Crippen LogP contribution is 2.19. The van der Waals surface area contributed by atoms with Gasteiger partial charge in [0.1, 0.15) is 0 Å². The van der Waals surface area contributed by atoms with E-state index in [1.807, 2.05) is 25.1 Å². The number of aliphatic hydroxyl groups is 1. The van der Waals surface area contributed by atoms with Crippen LogP contribution in [0.2, 0.25) is 0 Å². The molecule has 70 valence electrons. The number of nitrogens with zero attached hydrogens (tertiary/aromatic N) is 1. The number of thiazole rings is 1. The van der Waals surface area contributed by atoms with Crippen molar-refractivity contribution in [1.29, 1.82) is 0 Å². The van der Waals surface area contributed by atoms with Gasteiger partial charge < -0.3 is 5.11 Å². The number of para-hydroxylation sites is 1. The van der Waals surface area contributed by atoms with Crippen LogP contribution in [0.25, 0.3) is 10.2 Å². The molecule has 0 saturated carbocycles. The number of hydrogen-bond acceptors (Lipinski definition) is 3. The van der Waals surface area contributed by atoms with Crippen LogP contribution in [0, 0.1) is 6.92 Å². The lowest BCUT2D eigenvalue weighted by Gasteiger charge is -1.80. The van der Waals surface area contributed by atoms with Gasteiger partial charge in [0.2, 0.25) is 0 Å². The summed E-state index contributed by atoms with van der Waals surface area (Å²) in [5.41, 5.74) is 1.12. The van der Waals surface area contributed by atoms with Crippen molar-refractivity contribution in [2.24, 2.45) is 0 Å². The summed E-state index contributed by atoms with van der Waals surface area (Å²) in [5, 5.41) is 8.71. The van der Waals surface area contributed by atoms with Crippen LogP contribution in [0.15, 0.2) is 24.3 Å². The molecule has 0 atom stereocenters. The van der Waals surface area contributed by atoms with Crippen molar-refractivity contribution < 1.29 is 5.11 Å². The molecule has 1 N–H and O–H groups in total. The van der Waals surface area contributed by atoms with Crippen LogP contribution < -0.4 is 0 Å². The molecule has 0 unspecified atom stereocenters. The maximum atomic E-state index is 7.57. The highest BCUT2D eigenvalue weighted by atomic mass is 32.1. The topological polar surface area (TPSA) is 33.1 Å². The Labute approximate surface area is 81.9 Å². The minimum Gasteiger partial charge on any atom is -0.397 e. The molecule has 0 aliphatic carbocycles. The Hall–Kier alpha value is -0.930. The Bertz CT molecular complexity index is 337. The first-order chi connectivity index (χ1) is 6.27. The molecular weight excluding hydrogens is 182 g/mol. The Balaban J connectivity index is 0.000000251. The van der Waals surface area contributed by atoms with Crippen molar-refractivity contribution in [3.63, 3.8) is 0 Å². The van der Waals surface area contributed by atoms with Crippen molar-refractivity contribution in [3.8, 4) is 0 Å². The smallest absolute Gasteiger partial charge is 0.0907 e. The zero-order valence-corrected chi connectivity index (χ0v) is 8.64. The Morgan fingerprint density at radius 3 is 2.62 bits per heavy atom. The molecule has 3 heteroatoms. The third kappa shape index (κ3) is 2.79. The van der Waals surface area contributed by atoms with Crippen LogP contribution in [-0.2, 0) is 0 Å². The van der Waals surface area contributed by atoms with Crippen LogP contribution in [0.1, 0.15) is 11.9 Å². The summed E-state index contributed by atoms with van der Waals surface area (Å²) >= 11 is 1.74. The number of rotatable bonds is 0. The number of fused-ring (bicyclic) bond motifs is 1. The first-order valence-electron chi connectivity index (χ1n) is 4.21. The van der Waals surface area contributed by atoms with Crippen molar-refractivity contribution in [3.05, 3.63) is 29.3 Å². The molecule has 2 aromatic rings. The summed E-state index contributed by atoms with van der Waals surface area (Å²) in [4.78, 5) is 4.33. The lowest BCUT2D eigenvalue weighted by molar-refractivity contribution is 0.318. The highest BCUT2D eigenvalue weighted by Gasteiger charge is 1.95. The fraction of sp³-hybridized carbons (Fsp3) is 0.300. The standard InChI is InChI=1S/C8H7NS.C2H6O/c1-6-9-7-4-2-3-5-8(7)10-6;1-2-3/h2-5H,1H3;3H,2H2,1H3. The first kappa shape index (κ1) is 10.2. The summed E-state index contributed by atoms with van der Waals surface area (Å²) in [7, 11) is 0. The molecule has 0 aliphatic rings. The molecule has 0 amide bonds. The number of hydrogen-bond donors (Lipinski definition) is 1. The number of aromatic nitrogens is 1. The molecule has 2 rings (SSSR count). The minimum absolute atomic E-state index is 0.250.